The van der Waals surface area contributed by atoms with Crippen molar-refractivity contribution in [1.29, 1.82) is 0 Å². The summed E-state index contributed by atoms with van der Waals surface area (Å²) >= 11 is 11.6. The van der Waals surface area contributed by atoms with Crippen LogP contribution in [0.4, 0.5) is 0 Å². The monoisotopic (exact) mass is 245 g/mol. The van der Waals surface area contributed by atoms with Gasteiger partial charge in [0.05, 0.1) is 12.5 Å². The smallest absolute Gasteiger partial charge is 0.222 e. The molecule has 0 aromatic heterocycles. The molecule has 1 aromatic carbocycles. The van der Waals surface area contributed by atoms with Crippen molar-refractivity contribution in [3.05, 3.63) is 28.2 Å². The molecule has 5 heteroatoms. The van der Waals surface area contributed by atoms with Gasteiger partial charge in [-0.25, -0.2) is 0 Å². The Morgan fingerprint density at radius 1 is 1.33 bits per heavy atom. The number of β-lactam (4-membered cyclic amide) rings is 1. The lowest BCUT2D eigenvalue weighted by atomic mass is 10.1. The third-order valence-corrected chi connectivity index (χ3v) is 2.52. The Hall–Kier alpha value is -0.930. The lowest BCUT2D eigenvalue weighted by molar-refractivity contribution is -0.128. The molecule has 3 nitrogen and oxygen atoms in total. The molecule has 0 unspecified atom stereocenters. The lowest BCUT2D eigenvalue weighted by Crippen LogP contribution is -2.51. The second kappa shape index (κ2) is 4.29. The normalized spacial score (nSPS) is 19.3. The van der Waals surface area contributed by atoms with Gasteiger partial charge in [-0.15, -0.1) is 0 Å². The molecule has 1 aromatic rings. The highest BCUT2D eigenvalue weighted by atomic mass is 35.5. The Morgan fingerprint density at radius 3 is 2.47 bits per heavy atom. The van der Waals surface area contributed by atoms with Gasteiger partial charge >= 0.3 is 0 Å². The number of nitrogens with one attached hydrogen (secondary N) is 1. The van der Waals surface area contributed by atoms with E-state index in [9.17, 15) is 4.79 Å². The second-order valence-electron chi connectivity index (χ2n) is 3.38. The molecule has 1 fully saturated rings. The fourth-order valence-corrected chi connectivity index (χ4v) is 1.85. The molecule has 0 aliphatic carbocycles. The maximum Gasteiger partial charge on any atom is 0.222 e. The highest BCUT2D eigenvalue weighted by Gasteiger charge is 2.25. The Bertz CT molecular complexity index is 367. The van der Waals surface area contributed by atoms with E-state index in [-0.39, 0.29) is 11.9 Å². The Kier molecular flexibility index (Phi) is 3.03. The second-order valence-corrected chi connectivity index (χ2v) is 4.26. The van der Waals surface area contributed by atoms with Crippen molar-refractivity contribution in [2.75, 3.05) is 6.61 Å². The quantitative estimate of drug-likeness (QED) is 0.830. The summed E-state index contributed by atoms with van der Waals surface area (Å²) in [5.41, 5.74) is 0. The van der Waals surface area contributed by atoms with Crippen LogP contribution in [-0.2, 0) is 4.79 Å². The minimum atomic E-state index is 0.0627. The molecule has 1 atom stereocenters. The van der Waals surface area contributed by atoms with E-state index in [2.05, 4.69) is 5.32 Å². The molecule has 1 heterocycles. The highest BCUT2D eigenvalue weighted by Crippen LogP contribution is 2.24. The molecule has 0 bridgehead atoms. The van der Waals surface area contributed by atoms with Crippen LogP contribution in [0.1, 0.15) is 6.42 Å². The number of benzene rings is 1. The third kappa shape index (κ3) is 2.76. The number of carbonyl (C=O) groups excluding carboxylic acids is 1. The standard InChI is InChI=1S/C10H9Cl2NO2/c11-6-1-7(12)3-9(2-6)15-5-8-4-10(14)13-8/h1-3,8H,4-5H2,(H,13,14)/t8-/m1/s1. The summed E-state index contributed by atoms with van der Waals surface area (Å²) in [6.45, 7) is 0.447. The molecule has 0 spiro atoms. The number of carbonyl (C=O) groups is 1. The van der Waals surface area contributed by atoms with Crippen LogP contribution in [0, 0.1) is 0 Å². The zero-order valence-electron chi connectivity index (χ0n) is 7.80. The van der Waals surface area contributed by atoms with Crippen LogP contribution in [-0.4, -0.2) is 18.6 Å². The zero-order chi connectivity index (χ0) is 10.8. The van der Waals surface area contributed by atoms with Gasteiger partial charge in [-0.1, -0.05) is 23.2 Å². The van der Waals surface area contributed by atoms with Gasteiger partial charge in [0, 0.05) is 10.0 Å². The van der Waals surface area contributed by atoms with Gasteiger partial charge in [-0.3, -0.25) is 4.79 Å². The predicted molar refractivity (Wildman–Crippen MR) is 58.5 cm³/mol. The molecular formula is C10H9Cl2NO2. The van der Waals surface area contributed by atoms with Crippen LogP contribution in [0.25, 0.3) is 0 Å². The van der Waals surface area contributed by atoms with Crippen molar-refractivity contribution in [3.8, 4) is 5.75 Å². The van der Waals surface area contributed by atoms with E-state index in [1.54, 1.807) is 18.2 Å². The van der Waals surface area contributed by atoms with Crippen LogP contribution in [0.5, 0.6) is 5.75 Å². The van der Waals surface area contributed by atoms with Crippen LogP contribution in [0.15, 0.2) is 18.2 Å². The minimum Gasteiger partial charge on any atom is -0.491 e. The van der Waals surface area contributed by atoms with Gasteiger partial charge in [0.2, 0.25) is 5.91 Å². The van der Waals surface area contributed by atoms with Crippen LogP contribution in [0.2, 0.25) is 10.0 Å². The maximum absolute atomic E-state index is 10.6. The number of hydrogen-bond acceptors (Lipinski definition) is 2. The van der Waals surface area contributed by atoms with E-state index in [1.807, 2.05) is 0 Å². The summed E-state index contributed by atoms with van der Waals surface area (Å²) in [5, 5.41) is 3.79. The van der Waals surface area contributed by atoms with Crippen molar-refractivity contribution in [3.63, 3.8) is 0 Å². The highest BCUT2D eigenvalue weighted by molar-refractivity contribution is 6.34. The van der Waals surface area contributed by atoms with E-state index in [1.165, 1.54) is 0 Å². The summed E-state index contributed by atoms with van der Waals surface area (Å²) in [6.07, 6.45) is 0.522. The minimum absolute atomic E-state index is 0.0627. The molecule has 0 radical (unpaired) electrons. The van der Waals surface area contributed by atoms with E-state index >= 15 is 0 Å². The van der Waals surface area contributed by atoms with E-state index in [0.29, 0.717) is 28.8 Å². The number of amides is 1. The largest absolute Gasteiger partial charge is 0.491 e. The van der Waals surface area contributed by atoms with E-state index in [0.717, 1.165) is 0 Å². The topological polar surface area (TPSA) is 38.3 Å². The average molecular weight is 246 g/mol. The average Bonchev–Trinajstić information content (AvgIpc) is 2.09. The van der Waals surface area contributed by atoms with Crippen LogP contribution in [0.3, 0.4) is 0 Å². The third-order valence-electron chi connectivity index (χ3n) is 2.08. The van der Waals surface area contributed by atoms with Crippen molar-refractivity contribution in [1.82, 2.24) is 5.32 Å². The summed E-state index contributed by atoms with van der Waals surface area (Å²) in [4.78, 5) is 10.6. The van der Waals surface area contributed by atoms with Crippen LogP contribution >= 0.6 is 23.2 Å². The first kappa shape index (κ1) is 10.6. The Balaban J connectivity index is 1.90. The number of rotatable bonds is 3. The Labute approximate surface area is 97.3 Å². The first-order valence-electron chi connectivity index (χ1n) is 4.52. The maximum atomic E-state index is 10.6. The van der Waals surface area contributed by atoms with Crippen molar-refractivity contribution < 1.29 is 9.53 Å². The lowest BCUT2D eigenvalue weighted by Gasteiger charge is -2.26. The SMILES string of the molecule is O=C1C[C@H](COc2cc(Cl)cc(Cl)c2)N1. The number of ether oxygens (including phenoxy) is 1. The molecule has 80 valence electrons. The van der Waals surface area contributed by atoms with Gasteiger partial charge in [-0.05, 0) is 18.2 Å². The van der Waals surface area contributed by atoms with Gasteiger partial charge in [0.1, 0.15) is 12.4 Å². The summed E-state index contributed by atoms with van der Waals surface area (Å²) in [7, 11) is 0. The first-order valence-corrected chi connectivity index (χ1v) is 5.27. The summed E-state index contributed by atoms with van der Waals surface area (Å²) < 4.78 is 5.44. The molecule has 2 rings (SSSR count). The van der Waals surface area contributed by atoms with E-state index < -0.39 is 0 Å². The number of hydrogen-bond donors (Lipinski definition) is 1. The predicted octanol–water partition coefficient (Wildman–Crippen LogP) is 2.26. The summed E-state index contributed by atoms with van der Waals surface area (Å²) in [5.74, 6) is 0.682. The van der Waals surface area contributed by atoms with Gasteiger partial charge in [-0.2, -0.15) is 0 Å². The zero-order valence-corrected chi connectivity index (χ0v) is 9.31. The molecule has 1 saturated heterocycles. The van der Waals surface area contributed by atoms with Crippen molar-refractivity contribution in [2.45, 2.75) is 12.5 Å². The first-order chi connectivity index (χ1) is 7.13. The molecule has 1 aliphatic rings. The fraction of sp³-hybridized carbons (Fsp3) is 0.300. The van der Waals surface area contributed by atoms with Crippen LogP contribution < -0.4 is 10.1 Å². The van der Waals surface area contributed by atoms with Gasteiger partial charge in [0.15, 0.2) is 0 Å². The van der Waals surface area contributed by atoms with E-state index in [4.69, 9.17) is 27.9 Å². The molecule has 0 saturated carbocycles. The van der Waals surface area contributed by atoms with Crippen molar-refractivity contribution >= 4 is 29.1 Å². The van der Waals surface area contributed by atoms with Crippen molar-refractivity contribution in [2.24, 2.45) is 0 Å². The molecular weight excluding hydrogens is 237 g/mol. The van der Waals surface area contributed by atoms with Gasteiger partial charge in [0.25, 0.3) is 0 Å². The molecule has 15 heavy (non-hydrogen) atoms. The number of halogens is 2. The molecule has 1 amide bonds. The fourth-order valence-electron chi connectivity index (χ4n) is 1.34. The Morgan fingerprint density at radius 2 is 1.93 bits per heavy atom. The van der Waals surface area contributed by atoms with Gasteiger partial charge < -0.3 is 10.1 Å². The molecule has 1 aliphatic heterocycles. The molecule has 1 N–H and O–H groups in total. The summed E-state index contributed by atoms with van der Waals surface area (Å²) in [6, 6.07) is 5.12.